The molecule has 0 spiro atoms. The zero-order chi connectivity index (χ0) is 12.8. The van der Waals surface area contributed by atoms with Crippen molar-refractivity contribution in [1.82, 2.24) is 10.4 Å². The summed E-state index contributed by atoms with van der Waals surface area (Å²) in [6, 6.07) is 11.0. The average Bonchev–Trinajstić information content (AvgIpc) is 2.40. The smallest absolute Gasteiger partial charge is 0.267 e. The van der Waals surface area contributed by atoms with Crippen LogP contribution in [0.15, 0.2) is 53.9 Å². The predicted octanol–water partition coefficient (Wildman–Crippen LogP) is 2.15. The summed E-state index contributed by atoms with van der Waals surface area (Å²) in [6.45, 7) is 1.89. The molecule has 1 aromatic carbocycles. The molecule has 1 aromatic heterocycles. The lowest BCUT2D eigenvalue weighted by molar-refractivity contribution is 0.0954. The summed E-state index contributed by atoms with van der Waals surface area (Å²) in [5.74, 6) is -0.215. The van der Waals surface area contributed by atoms with Crippen molar-refractivity contribution < 1.29 is 4.79 Å². The van der Waals surface area contributed by atoms with Crippen LogP contribution in [0.25, 0.3) is 0 Å². The number of carbonyl (C=O) groups excluding carboxylic acids is 1. The Kier molecular flexibility index (Phi) is 3.81. The number of aromatic nitrogens is 1. The summed E-state index contributed by atoms with van der Waals surface area (Å²) < 4.78 is 0. The first-order valence-corrected chi connectivity index (χ1v) is 5.56. The Bertz CT molecular complexity index is 564. The monoisotopic (exact) mass is 239 g/mol. The number of hydrogen-bond donors (Lipinski definition) is 1. The van der Waals surface area contributed by atoms with Crippen LogP contribution in [0, 0.1) is 6.92 Å². The minimum atomic E-state index is -0.215. The fourth-order valence-electron chi connectivity index (χ4n) is 1.51. The summed E-state index contributed by atoms with van der Waals surface area (Å²) >= 11 is 0. The summed E-state index contributed by atoms with van der Waals surface area (Å²) in [4.78, 5) is 15.8. The van der Waals surface area contributed by atoms with Gasteiger partial charge in [-0.25, -0.2) is 5.43 Å². The van der Waals surface area contributed by atoms with Crippen LogP contribution >= 0.6 is 0 Å². The predicted molar refractivity (Wildman–Crippen MR) is 70.5 cm³/mol. The number of benzene rings is 1. The van der Waals surface area contributed by atoms with Crippen LogP contribution in [-0.4, -0.2) is 17.1 Å². The van der Waals surface area contributed by atoms with Gasteiger partial charge in [-0.15, -0.1) is 0 Å². The lowest BCUT2D eigenvalue weighted by Gasteiger charge is -2.02. The highest BCUT2D eigenvalue weighted by Crippen LogP contribution is 2.06. The van der Waals surface area contributed by atoms with Crippen molar-refractivity contribution in [3.05, 3.63) is 65.5 Å². The molecule has 0 radical (unpaired) electrons. The van der Waals surface area contributed by atoms with Crippen molar-refractivity contribution >= 4 is 12.1 Å². The SMILES string of the molecule is Cc1ccccc1C(=O)NN=Cc1cccnc1. The molecule has 0 aliphatic heterocycles. The van der Waals surface area contributed by atoms with Gasteiger partial charge in [-0.2, -0.15) is 5.10 Å². The maximum Gasteiger partial charge on any atom is 0.271 e. The molecular weight excluding hydrogens is 226 g/mol. The molecule has 90 valence electrons. The molecule has 0 atom stereocenters. The van der Waals surface area contributed by atoms with Crippen LogP contribution in [0.2, 0.25) is 0 Å². The van der Waals surface area contributed by atoms with Gasteiger partial charge in [0.2, 0.25) is 0 Å². The second-order valence-corrected chi connectivity index (χ2v) is 3.80. The van der Waals surface area contributed by atoms with Crippen LogP contribution in [-0.2, 0) is 0 Å². The number of hydrazone groups is 1. The number of rotatable bonds is 3. The van der Waals surface area contributed by atoms with Gasteiger partial charge in [0, 0.05) is 23.5 Å². The molecule has 0 bridgehead atoms. The van der Waals surface area contributed by atoms with Gasteiger partial charge in [-0.1, -0.05) is 24.3 Å². The van der Waals surface area contributed by atoms with Crippen molar-refractivity contribution in [2.24, 2.45) is 5.10 Å². The third kappa shape index (κ3) is 3.01. The summed E-state index contributed by atoms with van der Waals surface area (Å²) in [6.07, 6.45) is 4.91. The molecule has 0 saturated heterocycles. The van der Waals surface area contributed by atoms with Crippen molar-refractivity contribution in [1.29, 1.82) is 0 Å². The van der Waals surface area contributed by atoms with Crippen molar-refractivity contribution in [2.45, 2.75) is 6.92 Å². The van der Waals surface area contributed by atoms with E-state index < -0.39 is 0 Å². The first kappa shape index (κ1) is 12.0. The van der Waals surface area contributed by atoms with Crippen molar-refractivity contribution in [3.8, 4) is 0 Å². The summed E-state index contributed by atoms with van der Waals surface area (Å²) in [7, 11) is 0. The summed E-state index contributed by atoms with van der Waals surface area (Å²) in [5, 5.41) is 3.89. The lowest BCUT2D eigenvalue weighted by Crippen LogP contribution is -2.18. The normalized spacial score (nSPS) is 10.5. The second-order valence-electron chi connectivity index (χ2n) is 3.80. The number of aryl methyl sites for hydroxylation is 1. The van der Waals surface area contributed by atoms with Gasteiger partial charge in [0.25, 0.3) is 5.91 Å². The minimum absolute atomic E-state index is 0.215. The van der Waals surface area contributed by atoms with E-state index in [-0.39, 0.29) is 5.91 Å². The van der Waals surface area contributed by atoms with E-state index in [9.17, 15) is 4.79 Å². The number of nitrogens with one attached hydrogen (secondary N) is 1. The van der Waals surface area contributed by atoms with E-state index in [0.717, 1.165) is 11.1 Å². The molecule has 0 fully saturated rings. The zero-order valence-electron chi connectivity index (χ0n) is 10.00. The Morgan fingerprint density at radius 3 is 2.83 bits per heavy atom. The lowest BCUT2D eigenvalue weighted by atomic mass is 10.1. The van der Waals surface area contributed by atoms with Crippen molar-refractivity contribution in [2.75, 3.05) is 0 Å². The van der Waals surface area contributed by atoms with E-state index >= 15 is 0 Å². The number of nitrogens with zero attached hydrogens (tertiary/aromatic N) is 2. The van der Waals surface area contributed by atoms with Crippen LogP contribution in [0.3, 0.4) is 0 Å². The van der Waals surface area contributed by atoms with E-state index in [1.54, 1.807) is 24.7 Å². The first-order chi connectivity index (χ1) is 8.77. The maximum absolute atomic E-state index is 11.8. The van der Waals surface area contributed by atoms with Crippen LogP contribution in [0.5, 0.6) is 0 Å². The molecule has 0 aliphatic rings. The molecule has 1 N–H and O–H groups in total. The topological polar surface area (TPSA) is 54.4 Å². The van der Waals surface area contributed by atoms with E-state index in [0.29, 0.717) is 5.56 Å². The molecule has 2 rings (SSSR count). The van der Waals surface area contributed by atoms with Gasteiger partial charge in [-0.3, -0.25) is 9.78 Å². The van der Waals surface area contributed by atoms with E-state index in [1.165, 1.54) is 0 Å². The average molecular weight is 239 g/mol. The third-order valence-corrected chi connectivity index (χ3v) is 2.45. The van der Waals surface area contributed by atoms with Gasteiger partial charge in [0.1, 0.15) is 0 Å². The molecule has 0 aliphatic carbocycles. The molecular formula is C14H13N3O. The standard InChI is InChI=1S/C14H13N3O/c1-11-5-2-3-7-13(11)14(18)17-16-10-12-6-4-8-15-9-12/h2-10H,1H3,(H,17,18). The second kappa shape index (κ2) is 5.72. The largest absolute Gasteiger partial charge is 0.271 e. The number of pyridine rings is 1. The van der Waals surface area contributed by atoms with E-state index in [2.05, 4.69) is 15.5 Å². The molecule has 18 heavy (non-hydrogen) atoms. The number of amides is 1. The molecule has 4 heteroatoms. The Labute approximate surface area is 105 Å². The zero-order valence-corrected chi connectivity index (χ0v) is 10.00. The van der Waals surface area contributed by atoms with Crippen LogP contribution < -0.4 is 5.43 Å². The highest BCUT2D eigenvalue weighted by Gasteiger charge is 2.05. The Morgan fingerprint density at radius 1 is 1.28 bits per heavy atom. The fourth-order valence-corrected chi connectivity index (χ4v) is 1.51. The van der Waals surface area contributed by atoms with Crippen molar-refractivity contribution in [3.63, 3.8) is 0 Å². The first-order valence-electron chi connectivity index (χ1n) is 5.56. The van der Waals surface area contributed by atoms with Gasteiger partial charge >= 0.3 is 0 Å². The number of hydrogen-bond acceptors (Lipinski definition) is 3. The highest BCUT2D eigenvalue weighted by atomic mass is 16.2. The molecule has 2 aromatic rings. The Morgan fingerprint density at radius 2 is 2.11 bits per heavy atom. The van der Waals surface area contributed by atoms with E-state index in [1.807, 2.05) is 37.3 Å². The third-order valence-electron chi connectivity index (χ3n) is 2.45. The fraction of sp³-hybridized carbons (Fsp3) is 0.0714. The molecule has 1 amide bonds. The van der Waals surface area contributed by atoms with Crippen LogP contribution in [0.4, 0.5) is 0 Å². The van der Waals surface area contributed by atoms with Gasteiger partial charge in [0.15, 0.2) is 0 Å². The molecule has 0 saturated carbocycles. The minimum Gasteiger partial charge on any atom is -0.267 e. The van der Waals surface area contributed by atoms with Gasteiger partial charge in [0.05, 0.1) is 6.21 Å². The van der Waals surface area contributed by atoms with Crippen LogP contribution in [0.1, 0.15) is 21.5 Å². The highest BCUT2D eigenvalue weighted by molar-refractivity contribution is 5.96. The molecule has 4 nitrogen and oxygen atoms in total. The Balaban J connectivity index is 2.01. The maximum atomic E-state index is 11.8. The van der Waals surface area contributed by atoms with Gasteiger partial charge in [-0.05, 0) is 24.6 Å². The molecule has 0 unspecified atom stereocenters. The number of carbonyl (C=O) groups is 1. The summed E-state index contributed by atoms with van der Waals surface area (Å²) in [5.41, 5.74) is 4.88. The van der Waals surface area contributed by atoms with Gasteiger partial charge < -0.3 is 0 Å². The Hall–Kier alpha value is -2.49. The molecule has 1 heterocycles. The van der Waals surface area contributed by atoms with E-state index in [4.69, 9.17) is 0 Å². The quantitative estimate of drug-likeness (QED) is 0.659.